The molecule has 1 heterocycles. The van der Waals surface area contributed by atoms with Gasteiger partial charge in [0.1, 0.15) is 5.52 Å². The number of nitrogens with zero attached hydrogens (tertiary/aromatic N) is 2. The monoisotopic (exact) mass is 246 g/mol. The molecule has 15 heavy (non-hydrogen) atoms. The smallest absolute Gasteiger partial charge is 0.178 e. The van der Waals surface area contributed by atoms with Gasteiger partial charge in [-0.25, -0.2) is 20.2 Å². The molecule has 2 aromatic rings. The maximum absolute atomic E-state index is 13.4. The lowest BCUT2D eigenvalue weighted by Gasteiger charge is -2.04. The highest BCUT2D eigenvalue weighted by atomic mass is 35.5. The van der Waals surface area contributed by atoms with E-state index in [4.69, 9.17) is 29.0 Å². The van der Waals surface area contributed by atoms with Crippen molar-refractivity contribution in [2.24, 2.45) is 5.84 Å². The van der Waals surface area contributed by atoms with Crippen molar-refractivity contribution >= 4 is 40.1 Å². The summed E-state index contributed by atoms with van der Waals surface area (Å²) in [6.45, 7) is 0. The topological polar surface area (TPSA) is 63.8 Å². The molecule has 0 fully saturated rings. The second-order valence-corrected chi connectivity index (χ2v) is 3.56. The fourth-order valence-corrected chi connectivity index (χ4v) is 1.54. The summed E-state index contributed by atoms with van der Waals surface area (Å²) in [7, 11) is 0. The van der Waals surface area contributed by atoms with Crippen LogP contribution < -0.4 is 11.3 Å². The van der Waals surface area contributed by atoms with Crippen molar-refractivity contribution < 1.29 is 4.39 Å². The van der Waals surface area contributed by atoms with Gasteiger partial charge in [-0.3, -0.25) is 0 Å². The predicted molar refractivity (Wildman–Crippen MR) is 57.3 cm³/mol. The van der Waals surface area contributed by atoms with Crippen molar-refractivity contribution in [2.45, 2.75) is 0 Å². The third-order valence-corrected chi connectivity index (χ3v) is 2.26. The highest BCUT2D eigenvalue weighted by Gasteiger charge is 2.10. The average molecular weight is 247 g/mol. The van der Waals surface area contributed by atoms with E-state index in [0.717, 1.165) is 6.07 Å². The number of hydrazine groups is 1. The third kappa shape index (κ3) is 1.81. The molecule has 0 amide bonds. The molecule has 4 nitrogen and oxygen atoms in total. The highest BCUT2D eigenvalue weighted by Crippen LogP contribution is 2.24. The first-order valence-corrected chi connectivity index (χ1v) is 4.66. The minimum Gasteiger partial charge on any atom is -0.306 e. The van der Waals surface area contributed by atoms with Gasteiger partial charge in [0.05, 0.1) is 5.52 Å². The van der Waals surface area contributed by atoms with Crippen molar-refractivity contribution in [3.63, 3.8) is 0 Å². The summed E-state index contributed by atoms with van der Waals surface area (Å²) in [4.78, 5) is 7.77. The van der Waals surface area contributed by atoms with Crippen LogP contribution in [0, 0.1) is 5.82 Å². The molecule has 0 aliphatic rings. The van der Waals surface area contributed by atoms with Gasteiger partial charge in [0.2, 0.25) is 0 Å². The molecule has 0 bridgehead atoms. The normalized spacial score (nSPS) is 10.7. The number of hydrogen-bond acceptors (Lipinski definition) is 4. The van der Waals surface area contributed by atoms with Crippen molar-refractivity contribution in [1.82, 2.24) is 9.97 Å². The van der Waals surface area contributed by atoms with Crippen LogP contribution in [0.25, 0.3) is 11.0 Å². The Labute approximate surface area is 94.2 Å². The van der Waals surface area contributed by atoms with Gasteiger partial charge in [-0.2, -0.15) is 0 Å². The van der Waals surface area contributed by atoms with Crippen LogP contribution >= 0.6 is 23.2 Å². The predicted octanol–water partition coefficient (Wildman–Crippen LogP) is 2.36. The second kappa shape index (κ2) is 3.77. The van der Waals surface area contributed by atoms with E-state index >= 15 is 0 Å². The number of nitrogens with two attached hydrogens (primary N) is 1. The Morgan fingerprint density at radius 3 is 2.67 bits per heavy atom. The van der Waals surface area contributed by atoms with Gasteiger partial charge in [0.25, 0.3) is 0 Å². The summed E-state index contributed by atoms with van der Waals surface area (Å²) in [5, 5.41) is 0.241. The van der Waals surface area contributed by atoms with Gasteiger partial charge < -0.3 is 5.43 Å². The largest absolute Gasteiger partial charge is 0.306 e. The number of rotatable bonds is 1. The summed E-state index contributed by atoms with van der Waals surface area (Å²) in [5.41, 5.74) is 2.60. The van der Waals surface area contributed by atoms with Crippen LogP contribution in [0.2, 0.25) is 10.2 Å². The molecule has 0 spiro atoms. The van der Waals surface area contributed by atoms with E-state index in [1.807, 2.05) is 0 Å². The van der Waals surface area contributed by atoms with Crippen LogP contribution in [-0.2, 0) is 0 Å². The molecule has 0 aliphatic carbocycles. The van der Waals surface area contributed by atoms with E-state index in [1.165, 1.54) is 6.07 Å². The van der Waals surface area contributed by atoms with E-state index < -0.39 is 5.82 Å². The van der Waals surface area contributed by atoms with Gasteiger partial charge in [-0.1, -0.05) is 23.2 Å². The van der Waals surface area contributed by atoms with Crippen LogP contribution in [0.3, 0.4) is 0 Å². The highest BCUT2D eigenvalue weighted by molar-refractivity contribution is 6.32. The van der Waals surface area contributed by atoms with Crippen LogP contribution in [0.5, 0.6) is 0 Å². The number of anilines is 1. The summed E-state index contributed by atoms with van der Waals surface area (Å²) in [6, 6.07) is 2.62. The zero-order valence-electron chi connectivity index (χ0n) is 7.26. The molecule has 0 unspecified atom stereocenters. The van der Waals surface area contributed by atoms with Crippen molar-refractivity contribution in [3.05, 3.63) is 28.1 Å². The van der Waals surface area contributed by atoms with E-state index in [0.29, 0.717) is 0 Å². The van der Waals surface area contributed by atoms with Gasteiger partial charge in [0.15, 0.2) is 16.8 Å². The molecule has 0 radical (unpaired) electrons. The average Bonchev–Trinajstić information content (AvgIpc) is 2.18. The second-order valence-electron chi connectivity index (χ2n) is 2.76. The molecule has 78 valence electrons. The summed E-state index contributed by atoms with van der Waals surface area (Å²) >= 11 is 11.4. The maximum atomic E-state index is 13.4. The quantitative estimate of drug-likeness (QED) is 0.599. The first kappa shape index (κ1) is 10.4. The lowest BCUT2D eigenvalue weighted by atomic mass is 10.3. The standard InChI is InChI=1S/C8H5Cl2FN4/c9-3-1-4(11)6-5(2-3)13-8(15-12)7(10)14-6/h1-2H,12H2,(H,13,15). The Morgan fingerprint density at radius 2 is 2.00 bits per heavy atom. The lowest BCUT2D eigenvalue weighted by Crippen LogP contribution is -2.10. The molecule has 0 atom stereocenters. The van der Waals surface area contributed by atoms with E-state index in [2.05, 4.69) is 15.4 Å². The SMILES string of the molecule is NNc1nc2cc(Cl)cc(F)c2nc1Cl. The Morgan fingerprint density at radius 1 is 1.27 bits per heavy atom. The molecule has 0 saturated heterocycles. The number of hydrogen-bond donors (Lipinski definition) is 2. The molecule has 1 aromatic heterocycles. The number of aromatic nitrogens is 2. The third-order valence-electron chi connectivity index (χ3n) is 1.78. The summed E-state index contributed by atoms with van der Waals surface area (Å²) in [6.07, 6.45) is 0. The first-order chi connectivity index (χ1) is 7.11. The van der Waals surface area contributed by atoms with Crippen LogP contribution in [0.4, 0.5) is 10.2 Å². The van der Waals surface area contributed by atoms with Gasteiger partial charge >= 0.3 is 0 Å². The Balaban J connectivity index is 2.81. The Hall–Kier alpha value is -1.17. The van der Waals surface area contributed by atoms with Crippen molar-refractivity contribution in [1.29, 1.82) is 0 Å². The number of nitrogen functional groups attached to an aromatic ring is 1. The number of nitrogens with one attached hydrogen (secondary N) is 1. The van der Waals surface area contributed by atoms with E-state index in [1.54, 1.807) is 0 Å². The van der Waals surface area contributed by atoms with Gasteiger partial charge in [-0.15, -0.1) is 0 Å². The summed E-state index contributed by atoms with van der Waals surface area (Å²) in [5.74, 6) is 4.75. The molecule has 1 aromatic carbocycles. The minimum atomic E-state index is -0.574. The molecule has 7 heteroatoms. The van der Waals surface area contributed by atoms with E-state index in [9.17, 15) is 4.39 Å². The molecule has 3 N–H and O–H groups in total. The molecular weight excluding hydrogens is 242 g/mol. The summed E-state index contributed by atoms with van der Waals surface area (Å²) < 4.78 is 13.4. The van der Waals surface area contributed by atoms with Crippen molar-refractivity contribution in [3.8, 4) is 0 Å². The zero-order valence-corrected chi connectivity index (χ0v) is 8.77. The zero-order chi connectivity index (χ0) is 11.0. The van der Waals surface area contributed by atoms with E-state index in [-0.39, 0.29) is 27.0 Å². The first-order valence-electron chi connectivity index (χ1n) is 3.90. The maximum Gasteiger partial charge on any atom is 0.178 e. The molecular formula is C8H5Cl2FN4. The number of fused-ring (bicyclic) bond motifs is 1. The lowest BCUT2D eigenvalue weighted by molar-refractivity contribution is 0.636. The molecule has 0 saturated carbocycles. The fraction of sp³-hybridized carbons (Fsp3) is 0. The van der Waals surface area contributed by atoms with Crippen LogP contribution in [0.1, 0.15) is 0 Å². The van der Waals surface area contributed by atoms with Gasteiger partial charge in [-0.05, 0) is 12.1 Å². The minimum absolute atomic E-state index is 0.00576. The van der Waals surface area contributed by atoms with Crippen molar-refractivity contribution in [2.75, 3.05) is 5.43 Å². The number of halogens is 3. The number of benzene rings is 1. The van der Waals surface area contributed by atoms with Crippen LogP contribution in [0.15, 0.2) is 12.1 Å². The Bertz CT molecular complexity index is 532. The van der Waals surface area contributed by atoms with Gasteiger partial charge in [0, 0.05) is 5.02 Å². The molecule has 0 aliphatic heterocycles. The van der Waals surface area contributed by atoms with Crippen LogP contribution in [-0.4, -0.2) is 9.97 Å². The Kier molecular flexibility index (Phi) is 2.60. The molecule has 2 rings (SSSR count). The fourth-order valence-electron chi connectivity index (χ4n) is 1.16.